The SMILES string of the molecule is CC(C)(C)[Si-](C)(C)OCCNc1ccc(NC(=O)c2nc[nH]c2C(=O)Nc2ccc(Cl)cn2)cc1. The lowest BCUT2D eigenvalue weighted by molar-refractivity contribution is 0.0985. The number of aromatic nitrogens is 3. The molecule has 2 amide bonds. The van der Waals surface area contributed by atoms with E-state index in [2.05, 4.69) is 64.8 Å². The molecule has 9 nitrogen and oxygen atoms in total. The van der Waals surface area contributed by atoms with Gasteiger partial charge in [0.25, 0.3) is 11.8 Å². The highest BCUT2D eigenvalue weighted by molar-refractivity contribution is 6.74. The van der Waals surface area contributed by atoms with Crippen LogP contribution in [0.15, 0.2) is 48.9 Å². The molecule has 2 aromatic heterocycles. The predicted octanol–water partition coefficient (Wildman–Crippen LogP) is 5.40. The number of benzene rings is 1. The Balaban J connectivity index is 1.53. The minimum Gasteiger partial charge on any atom is -0.563 e. The normalized spacial score (nSPS) is 11.7. The number of H-pyrrole nitrogens is 1. The van der Waals surface area contributed by atoms with Crippen LogP contribution in [-0.4, -0.2) is 48.2 Å². The number of amides is 2. The first-order valence-corrected chi connectivity index (χ1v) is 14.5. The van der Waals surface area contributed by atoms with Gasteiger partial charge >= 0.3 is 0 Å². The van der Waals surface area contributed by atoms with Crippen molar-refractivity contribution in [3.8, 4) is 0 Å². The summed E-state index contributed by atoms with van der Waals surface area (Å²) in [5, 5.41) is 9.32. The van der Waals surface area contributed by atoms with Crippen LogP contribution >= 0.6 is 11.6 Å². The Morgan fingerprint density at radius 2 is 1.69 bits per heavy atom. The average Bonchev–Trinajstić information content (AvgIpc) is 3.29. The molecule has 4 N–H and O–H groups in total. The fourth-order valence-corrected chi connectivity index (χ4v) is 4.01. The molecule has 0 spiro atoms. The molecule has 0 bridgehead atoms. The Hall–Kier alpha value is -3.21. The van der Waals surface area contributed by atoms with Gasteiger partial charge in [-0.2, -0.15) is 0 Å². The van der Waals surface area contributed by atoms with Crippen molar-refractivity contribution in [3.63, 3.8) is 0 Å². The highest BCUT2D eigenvalue weighted by Gasteiger charge is 2.24. The predicted molar refractivity (Wildman–Crippen MR) is 142 cm³/mol. The van der Waals surface area contributed by atoms with Crippen molar-refractivity contribution in [2.24, 2.45) is 0 Å². The molecule has 2 heterocycles. The number of nitrogens with zero attached hydrogens (tertiary/aromatic N) is 2. The summed E-state index contributed by atoms with van der Waals surface area (Å²) in [6.07, 6.45) is 2.70. The first kappa shape index (κ1) is 26.4. The number of aromatic amines is 1. The third-order valence-corrected chi connectivity index (χ3v) is 10.7. The number of carbonyl (C=O) groups excluding carboxylic acids is 2. The number of halogens is 1. The van der Waals surface area contributed by atoms with Crippen LogP contribution in [-0.2, 0) is 4.43 Å². The standard InChI is InChI=1S/C24H31ClN6O3Si/c1-24(2,3)35(4,5)34-13-12-26-17-7-9-18(10-8-17)30-22(32)20-21(29-15-28-20)23(33)31-19-11-6-16(25)14-27-19/h6-11,14-15,26H,12-13H2,1-5H3,(H,28,29)(H,30,32)(H,27,31,33)/q-1. The van der Waals surface area contributed by atoms with E-state index in [0.717, 1.165) is 5.69 Å². The fourth-order valence-electron chi connectivity index (χ4n) is 2.85. The van der Waals surface area contributed by atoms with Crippen LogP contribution in [0.25, 0.3) is 0 Å². The lowest BCUT2D eigenvalue weighted by Crippen LogP contribution is -2.41. The molecule has 35 heavy (non-hydrogen) atoms. The van der Waals surface area contributed by atoms with Gasteiger partial charge in [-0.1, -0.05) is 32.4 Å². The summed E-state index contributed by atoms with van der Waals surface area (Å²) in [4.78, 5) is 36.0. The van der Waals surface area contributed by atoms with E-state index in [1.807, 2.05) is 12.1 Å². The molecule has 0 saturated carbocycles. The molecule has 3 aromatic rings. The number of rotatable bonds is 9. The number of hydrogen-bond acceptors (Lipinski definition) is 6. The minimum atomic E-state index is -1.77. The first-order valence-electron chi connectivity index (χ1n) is 11.2. The topological polar surface area (TPSA) is 121 Å². The summed E-state index contributed by atoms with van der Waals surface area (Å²) in [5.74, 6) is -0.746. The van der Waals surface area contributed by atoms with Gasteiger partial charge in [-0.05, 0) is 44.7 Å². The van der Waals surface area contributed by atoms with Crippen LogP contribution in [0.1, 0.15) is 41.7 Å². The molecule has 0 unspecified atom stereocenters. The van der Waals surface area contributed by atoms with Gasteiger partial charge in [0.05, 0.1) is 11.3 Å². The highest BCUT2D eigenvalue weighted by atomic mass is 35.5. The first-order chi connectivity index (χ1) is 16.5. The Bertz CT molecular complexity index is 1160. The number of carbonyl (C=O) groups is 2. The molecular weight excluding hydrogens is 484 g/mol. The molecule has 187 valence electrons. The van der Waals surface area contributed by atoms with Gasteiger partial charge in [0.1, 0.15) is 11.5 Å². The zero-order valence-corrected chi connectivity index (χ0v) is 22.3. The molecule has 3 rings (SSSR count). The third-order valence-electron chi connectivity index (χ3n) is 5.89. The van der Waals surface area contributed by atoms with Gasteiger partial charge in [-0.15, -0.1) is 18.1 Å². The maximum atomic E-state index is 12.7. The smallest absolute Gasteiger partial charge is 0.276 e. The number of nitrogens with one attached hydrogen (secondary N) is 4. The van der Waals surface area contributed by atoms with E-state index in [0.29, 0.717) is 29.7 Å². The monoisotopic (exact) mass is 514 g/mol. The van der Waals surface area contributed by atoms with Crippen molar-refractivity contribution >= 4 is 48.9 Å². The third kappa shape index (κ3) is 7.14. The van der Waals surface area contributed by atoms with Crippen LogP contribution < -0.4 is 16.0 Å². The largest absolute Gasteiger partial charge is 0.563 e. The van der Waals surface area contributed by atoms with E-state index in [-0.39, 0.29) is 16.4 Å². The summed E-state index contributed by atoms with van der Waals surface area (Å²) in [6.45, 7) is 12.4. The fraction of sp³-hybridized carbons (Fsp3) is 0.333. The summed E-state index contributed by atoms with van der Waals surface area (Å²) in [5.41, 5.74) is 1.49. The van der Waals surface area contributed by atoms with Crippen LogP contribution in [0.3, 0.4) is 0 Å². The molecule has 11 heteroatoms. The Morgan fingerprint density at radius 3 is 2.31 bits per heavy atom. The summed E-state index contributed by atoms with van der Waals surface area (Å²) in [7, 11) is -1.77. The van der Waals surface area contributed by atoms with Crippen molar-refractivity contribution < 1.29 is 14.0 Å². The Kier molecular flexibility index (Phi) is 8.31. The number of pyridine rings is 1. The van der Waals surface area contributed by atoms with E-state index in [1.165, 1.54) is 12.5 Å². The number of anilines is 3. The Labute approximate surface area is 211 Å². The van der Waals surface area contributed by atoms with E-state index in [4.69, 9.17) is 16.0 Å². The molecule has 0 aliphatic rings. The van der Waals surface area contributed by atoms with E-state index < -0.39 is 20.1 Å². The second-order valence-electron chi connectivity index (χ2n) is 9.51. The van der Waals surface area contributed by atoms with E-state index in [1.54, 1.807) is 24.3 Å². The molecule has 0 radical (unpaired) electrons. The molecule has 0 aliphatic carbocycles. The maximum Gasteiger partial charge on any atom is 0.276 e. The van der Waals surface area contributed by atoms with Gasteiger partial charge in [0.15, 0.2) is 5.69 Å². The van der Waals surface area contributed by atoms with Crippen molar-refractivity contribution in [1.82, 2.24) is 15.0 Å². The minimum absolute atomic E-state index is 0.0264. The van der Waals surface area contributed by atoms with Crippen LogP contribution in [0.4, 0.5) is 17.2 Å². The second-order valence-corrected chi connectivity index (χ2v) is 14.8. The maximum absolute atomic E-state index is 12.7. The summed E-state index contributed by atoms with van der Waals surface area (Å²) < 4.78 is 6.17. The van der Waals surface area contributed by atoms with Crippen LogP contribution in [0.2, 0.25) is 23.2 Å². The summed E-state index contributed by atoms with van der Waals surface area (Å²) >= 11 is 5.81. The van der Waals surface area contributed by atoms with Gasteiger partial charge in [-0.3, -0.25) is 9.59 Å². The molecule has 0 fully saturated rings. The number of hydrogen-bond donors (Lipinski definition) is 4. The lowest BCUT2D eigenvalue weighted by Gasteiger charge is -2.48. The highest BCUT2D eigenvalue weighted by Crippen LogP contribution is 2.36. The second kappa shape index (κ2) is 11.0. The van der Waals surface area contributed by atoms with E-state index >= 15 is 0 Å². The van der Waals surface area contributed by atoms with Gasteiger partial charge < -0.3 is 25.4 Å². The van der Waals surface area contributed by atoms with Gasteiger partial charge in [0.2, 0.25) is 0 Å². The molecule has 0 atom stereocenters. The zero-order chi connectivity index (χ0) is 25.6. The Morgan fingerprint density at radius 1 is 1.00 bits per heavy atom. The van der Waals surface area contributed by atoms with Crippen molar-refractivity contribution in [3.05, 3.63) is 65.3 Å². The molecule has 1 aromatic carbocycles. The zero-order valence-electron chi connectivity index (χ0n) is 20.5. The molecule has 0 aliphatic heterocycles. The lowest BCUT2D eigenvalue weighted by atomic mass is 10.2. The average molecular weight is 515 g/mol. The van der Waals surface area contributed by atoms with Crippen molar-refractivity contribution in [2.45, 2.75) is 38.9 Å². The van der Waals surface area contributed by atoms with Crippen molar-refractivity contribution in [1.29, 1.82) is 0 Å². The van der Waals surface area contributed by atoms with Crippen LogP contribution in [0, 0.1) is 0 Å². The van der Waals surface area contributed by atoms with Crippen molar-refractivity contribution in [2.75, 3.05) is 29.1 Å². The summed E-state index contributed by atoms with van der Waals surface area (Å²) in [6, 6.07) is 10.5. The quantitative estimate of drug-likeness (QED) is 0.224. The van der Waals surface area contributed by atoms with Gasteiger partial charge in [-0.25, -0.2) is 9.97 Å². The van der Waals surface area contributed by atoms with Gasteiger partial charge in [0, 0.05) is 30.7 Å². The van der Waals surface area contributed by atoms with E-state index in [9.17, 15) is 9.59 Å². The number of imidazole rings is 1. The van der Waals surface area contributed by atoms with Crippen LogP contribution in [0.5, 0.6) is 0 Å². The molecular formula is C24H31ClN6O3Si-. The molecule has 0 saturated heterocycles.